The Kier molecular flexibility index (Phi) is 4.44. The van der Waals surface area contributed by atoms with Gasteiger partial charge in [0.1, 0.15) is 16.5 Å². The lowest BCUT2D eigenvalue weighted by atomic mass is 10.2. The maximum Gasteiger partial charge on any atom is 0.264 e. The van der Waals surface area contributed by atoms with Crippen molar-refractivity contribution >= 4 is 15.7 Å². The van der Waals surface area contributed by atoms with Gasteiger partial charge >= 0.3 is 0 Å². The van der Waals surface area contributed by atoms with Crippen LogP contribution in [0.1, 0.15) is 5.56 Å². The van der Waals surface area contributed by atoms with Crippen molar-refractivity contribution in [2.75, 3.05) is 11.8 Å². The second kappa shape index (κ2) is 6.11. The van der Waals surface area contributed by atoms with Gasteiger partial charge in [-0.15, -0.1) is 0 Å². The van der Waals surface area contributed by atoms with Crippen LogP contribution in [-0.4, -0.2) is 20.6 Å². The molecule has 0 atom stereocenters. The summed E-state index contributed by atoms with van der Waals surface area (Å²) in [6.07, 6.45) is 0. The number of para-hydroxylation sites is 2. The maximum atomic E-state index is 13.8. The van der Waals surface area contributed by atoms with Crippen molar-refractivity contribution < 1.29 is 22.7 Å². The Morgan fingerprint density at radius 3 is 2.62 bits per heavy atom. The predicted octanol–water partition coefficient (Wildman–Crippen LogP) is 2.13. The number of nitrogens with one attached hydrogen (secondary N) is 1. The Bertz CT molecular complexity index is 746. The molecular formula is C14H14FNO4S. The van der Waals surface area contributed by atoms with Gasteiger partial charge < -0.3 is 9.84 Å². The molecule has 0 radical (unpaired) electrons. The van der Waals surface area contributed by atoms with E-state index in [1.165, 1.54) is 19.2 Å². The van der Waals surface area contributed by atoms with Crippen LogP contribution >= 0.6 is 0 Å². The highest BCUT2D eigenvalue weighted by Crippen LogP contribution is 2.27. The first kappa shape index (κ1) is 15.3. The van der Waals surface area contributed by atoms with Gasteiger partial charge in [-0.25, -0.2) is 12.8 Å². The first-order valence-electron chi connectivity index (χ1n) is 6.03. The first-order chi connectivity index (χ1) is 9.97. The molecule has 0 aliphatic carbocycles. The van der Waals surface area contributed by atoms with E-state index in [0.29, 0.717) is 11.3 Å². The standard InChI is InChI=1S/C14H14FNO4S/c1-20-13-5-3-2-4-12(13)16-21(18,19)14-8-10(9-17)6-7-11(14)15/h2-8,16-17H,9H2,1H3. The van der Waals surface area contributed by atoms with Gasteiger partial charge in [0.2, 0.25) is 0 Å². The zero-order valence-corrected chi connectivity index (χ0v) is 12.0. The lowest BCUT2D eigenvalue weighted by Gasteiger charge is -2.12. The van der Waals surface area contributed by atoms with E-state index in [-0.39, 0.29) is 12.3 Å². The Labute approximate surface area is 122 Å². The summed E-state index contributed by atoms with van der Waals surface area (Å²) >= 11 is 0. The summed E-state index contributed by atoms with van der Waals surface area (Å²) in [6.45, 7) is -0.378. The minimum absolute atomic E-state index is 0.203. The molecule has 0 aliphatic rings. The van der Waals surface area contributed by atoms with E-state index in [9.17, 15) is 12.8 Å². The highest BCUT2D eigenvalue weighted by atomic mass is 32.2. The fourth-order valence-corrected chi connectivity index (χ4v) is 2.98. The lowest BCUT2D eigenvalue weighted by Crippen LogP contribution is -2.15. The van der Waals surface area contributed by atoms with Gasteiger partial charge in [-0.3, -0.25) is 4.72 Å². The number of hydrogen-bond acceptors (Lipinski definition) is 4. The van der Waals surface area contributed by atoms with Crippen LogP contribution in [0.4, 0.5) is 10.1 Å². The molecule has 0 heterocycles. The quantitative estimate of drug-likeness (QED) is 0.887. The number of sulfonamides is 1. The van der Waals surface area contributed by atoms with Crippen molar-refractivity contribution in [3.8, 4) is 5.75 Å². The molecule has 0 fully saturated rings. The molecule has 2 aromatic carbocycles. The number of anilines is 1. The van der Waals surface area contributed by atoms with Crippen molar-refractivity contribution in [3.05, 3.63) is 53.8 Å². The highest BCUT2D eigenvalue weighted by Gasteiger charge is 2.21. The van der Waals surface area contributed by atoms with E-state index >= 15 is 0 Å². The average molecular weight is 311 g/mol. The zero-order chi connectivity index (χ0) is 15.5. The topological polar surface area (TPSA) is 75.6 Å². The third kappa shape index (κ3) is 3.32. The van der Waals surface area contributed by atoms with Gasteiger partial charge in [-0.2, -0.15) is 0 Å². The molecule has 0 spiro atoms. The molecule has 21 heavy (non-hydrogen) atoms. The van der Waals surface area contributed by atoms with Crippen molar-refractivity contribution in [2.24, 2.45) is 0 Å². The molecule has 5 nitrogen and oxygen atoms in total. The molecule has 0 saturated heterocycles. The third-order valence-corrected chi connectivity index (χ3v) is 4.20. The summed E-state index contributed by atoms with van der Waals surface area (Å²) in [7, 11) is -2.72. The summed E-state index contributed by atoms with van der Waals surface area (Å²) in [5, 5.41) is 9.03. The zero-order valence-electron chi connectivity index (χ0n) is 11.2. The van der Waals surface area contributed by atoms with Crippen LogP contribution in [0.15, 0.2) is 47.4 Å². The molecule has 0 aliphatic heterocycles. The van der Waals surface area contributed by atoms with Gasteiger partial charge in [0.15, 0.2) is 0 Å². The van der Waals surface area contributed by atoms with E-state index in [1.54, 1.807) is 18.2 Å². The summed E-state index contributed by atoms with van der Waals surface area (Å²) in [5.41, 5.74) is 0.505. The fourth-order valence-electron chi connectivity index (χ4n) is 1.78. The summed E-state index contributed by atoms with van der Waals surface area (Å²) in [6, 6.07) is 9.81. The van der Waals surface area contributed by atoms with E-state index in [1.807, 2.05) is 0 Å². The molecule has 0 unspecified atom stereocenters. The van der Waals surface area contributed by atoms with Crippen LogP contribution in [0.3, 0.4) is 0 Å². The second-order valence-electron chi connectivity index (χ2n) is 4.23. The molecule has 0 saturated carbocycles. The SMILES string of the molecule is COc1ccccc1NS(=O)(=O)c1cc(CO)ccc1F. The Hall–Kier alpha value is -2.12. The molecule has 2 N–H and O–H groups in total. The molecular weight excluding hydrogens is 297 g/mol. The lowest BCUT2D eigenvalue weighted by molar-refractivity contribution is 0.281. The van der Waals surface area contributed by atoms with Crippen LogP contribution in [0, 0.1) is 5.82 Å². The Balaban J connectivity index is 2.43. The fraction of sp³-hybridized carbons (Fsp3) is 0.143. The number of halogens is 1. The maximum absolute atomic E-state index is 13.8. The highest BCUT2D eigenvalue weighted by molar-refractivity contribution is 7.92. The first-order valence-corrected chi connectivity index (χ1v) is 7.51. The van der Waals surface area contributed by atoms with E-state index in [2.05, 4.69) is 4.72 Å². The van der Waals surface area contributed by atoms with Crippen LogP contribution in [0.5, 0.6) is 5.75 Å². The van der Waals surface area contributed by atoms with Gasteiger partial charge in [0.25, 0.3) is 10.0 Å². The van der Waals surface area contributed by atoms with Crippen molar-refractivity contribution in [3.63, 3.8) is 0 Å². The largest absolute Gasteiger partial charge is 0.495 e. The van der Waals surface area contributed by atoms with Crippen molar-refractivity contribution in [1.82, 2.24) is 0 Å². The molecule has 112 valence electrons. The monoisotopic (exact) mass is 311 g/mol. The predicted molar refractivity (Wildman–Crippen MR) is 76.1 cm³/mol. The molecule has 0 bridgehead atoms. The van der Waals surface area contributed by atoms with Gasteiger partial charge in [-0.1, -0.05) is 18.2 Å². The molecule has 0 amide bonds. The normalized spacial score (nSPS) is 11.2. The third-order valence-electron chi connectivity index (χ3n) is 2.82. The number of ether oxygens (including phenoxy) is 1. The van der Waals surface area contributed by atoms with Gasteiger partial charge in [0.05, 0.1) is 19.4 Å². The summed E-state index contributed by atoms with van der Waals surface area (Å²) in [5.74, 6) is -0.575. The van der Waals surface area contributed by atoms with Crippen LogP contribution in [0.2, 0.25) is 0 Å². The number of rotatable bonds is 5. The smallest absolute Gasteiger partial charge is 0.264 e. The molecule has 0 aromatic heterocycles. The number of hydrogen-bond donors (Lipinski definition) is 2. The molecule has 2 aromatic rings. The van der Waals surface area contributed by atoms with E-state index in [4.69, 9.17) is 9.84 Å². The number of benzene rings is 2. The van der Waals surface area contributed by atoms with Crippen LogP contribution in [0.25, 0.3) is 0 Å². The second-order valence-corrected chi connectivity index (χ2v) is 5.88. The van der Waals surface area contributed by atoms with E-state index < -0.39 is 20.7 Å². The summed E-state index contributed by atoms with van der Waals surface area (Å²) < 4.78 is 45.6. The van der Waals surface area contributed by atoms with E-state index in [0.717, 1.165) is 12.1 Å². The number of aliphatic hydroxyl groups is 1. The Morgan fingerprint density at radius 2 is 1.95 bits per heavy atom. The summed E-state index contributed by atoms with van der Waals surface area (Å²) in [4.78, 5) is -0.528. The minimum atomic E-state index is -4.13. The number of methoxy groups -OCH3 is 1. The average Bonchev–Trinajstić information content (AvgIpc) is 2.47. The van der Waals surface area contributed by atoms with Gasteiger partial charge in [0, 0.05) is 0 Å². The van der Waals surface area contributed by atoms with Crippen molar-refractivity contribution in [2.45, 2.75) is 11.5 Å². The number of aliphatic hydroxyl groups excluding tert-OH is 1. The van der Waals surface area contributed by atoms with Gasteiger partial charge in [-0.05, 0) is 29.8 Å². The minimum Gasteiger partial charge on any atom is -0.495 e. The van der Waals surface area contributed by atoms with Crippen molar-refractivity contribution in [1.29, 1.82) is 0 Å². The molecule has 7 heteroatoms. The Morgan fingerprint density at radius 1 is 1.24 bits per heavy atom. The molecule has 2 rings (SSSR count). The van der Waals surface area contributed by atoms with Crippen LogP contribution < -0.4 is 9.46 Å². The van der Waals surface area contributed by atoms with Crippen LogP contribution in [-0.2, 0) is 16.6 Å².